The first-order valence-corrected chi connectivity index (χ1v) is 17.7. The zero-order valence-corrected chi connectivity index (χ0v) is 24.7. The highest BCUT2D eigenvalue weighted by Gasteiger charge is 2.64. The molecule has 0 bridgehead atoms. The Balaban J connectivity index is 1.49. The molecule has 3 fully saturated rings. The Morgan fingerprint density at radius 2 is 1.54 bits per heavy atom. The second-order valence-corrected chi connectivity index (χ2v) is 17.7. The summed E-state index contributed by atoms with van der Waals surface area (Å²) in [5, 5.41) is 11.1. The lowest BCUT2D eigenvalue weighted by atomic mass is 9.69. The topological polar surface area (TPSA) is 47.9 Å². The number of hydrogen-bond donors (Lipinski definition) is 1. The van der Waals surface area contributed by atoms with Gasteiger partial charge in [-0.25, -0.2) is 0 Å². The van der Waals surface area contributed by atoms with E-state index in [0.29, 0.717) is 19.1 Å². The average Bonchev–Trinajstić information content (AvgIpc) is 3.37. The van der Waals surface area contributed by atoms with Gasteiger partial charge in [-0.1, -0.05) is 97.3 Å². The van der Waals surface area contributed by atoms with E-state index in [0.717, 1.165) is 19.3 Å². The number of aliphatic hydroxyl groups is 1. The fourth-order valence-electron chi connectivity index (χ4n) is 5.87. The maximum absolute atomic E-state index is 10.9. The van der Waals surface area contributed by atoms with Crippen LogP contribution in [0.5, 0.6) is 0 Å². The predicted molar refractivity (Wildman–Crippen MR) is 147 cm³/mol. The molecule has 1 heterocycles. The fourth-order valence-corrected chi connectivity index (χ4v) is 7.11. The smallest absolute Gasteiger partial charge is 0.193 e. The first-order valence-electron chi connectivity index (χ1n) is 14.7. The summed E-state index contributed by atoms with van der Waals surface area (Å²) in [5.41, 5.74) is 0. The Kier molecular flexibility index (Phi) is 10.8. The van der Waals surface area contributed by atoms with Crippen LogP contribution >= 0.6 is 0 Å². The van der Waals surface area contributed by atoms with Crippen LogP contribution in [-0.4, -0.2) is 44.6 Å². The van der Waals surface area contributed by atoms with E-state index in [1.54, 1.807) is 0 Å². The van der Waals surface area contributed by atoms with Crippen molar-refractivity contribution in [1.82, 2.24) is 0 Å². The van der Waals surface area contributed by atoms with Gasteiger partial charge in [-0.2, -0.15) is 0 Å². The van der Waals surface area contributed by atoms with Crippen molar-refractivity contribution in [3.63, 3.8) is 0 Å². The van der Waals surface area contributed by atoms with Gasteiger partial charge < -0.3 is 19.0 Å². The number of rotatable bonds is 13. The van der Waals surface area contributed by atoms with Crippen LogP contribution in [0.1, 0.15) is 111 Å². The van der Waals surface area contributed by atoms with Crippen molar-refractivity contribution in [2.45, 2.75) is 147 Å². The van der Waals surface area contributed by atoms with Crippen LogP contribution in [0.3, 0.4) is 0 Å². The van der Waals surface area contributed by atoms with Crippen molar-refractivity contribution in [3.8, 4) is 11.8 Å². The number of unbranched alkanes of at least 4 members (excludes halogenated alkanes) is 9. The van der Waals surface area contributed by atoms with E-state index >= 15 is 0 Å². The van der Waals surface area contributed by atoms with Gasteiger partial charge in [0.2, 0.25) is 0 Å². The summed E-state index contributed by atoms with van der Waals surface area (Å²) in [6.45, 7) is 15.2. The standard InChI is InChI=1S/C30H54O4Si/c1-7-8-9-10-11-12-13-14-15-16-17-25(34-35(5,6)29(2,3)4)19-18-24-22-27-26(28(24)31)23-30(27)32-20-21-33-30/h24-28,31H,7-17,20-23H2,1-6H3. The van der Waals surface area contributed by atoms with E-state index in [1.165, 1.54) is 64.2 Å². The van der Waals surface area contributed by atoms with Gasteiger partial charge in [0.05, 0.1) is 19.3 Å². The fraction of sp³-hybridized carbons (Fsp3) is 0.933. The molecule has 3 rings (SSSR count). The Labute approximate surface area is 217 Å². The summed E-state index contributed by atoms with van der Waals surface area (Å²) in [6.07, 6.45) is 15.7. The molecular formula is C30H54O4Si. The second-order valence-electron chi connectivity index (χ2n) is 12.9. The van der Waals surface area contributed by atoms with Crippen molar-refractivity contribution in [3.05, 3.63) is 0 Å². The van der Waals surface area contributed by atoms with Crippen molar-refractivity contribution < 1.29 is 19.0 Å². The Morgan fingerprint density at radius 3 is 2.11 bits per heavy atom. The minimum absolute atomic E-state index is 0.00963. The second kappa shape index (κ2) is 12.9. The molecular weight excluding hydrogens is 452 g/mol. The third-order valence-corrected chi connectivity index (χ3v) is 13.7. The molecule has 5 unspecified atom stereocenters. The van der Waals surface area contributed by atoms with Gasteiger partial charge in [-0.05, 0) is 43.3 Å². The molecule has 0 aromatic rings. The third kappa shape index (κ3) is 7.57. The van der Waals surface area contributed by atoms with Crippen LogP contribution in [0.2, 0.25) is 18.1 Å². The highest BCUT2D eigenvalue weighted by molar-refractivity contribution is 6.74. The zero-order valence-electron chi connectivity index (χ0n) is 23.7. The first kappa shape index (κ1) is 29.2. The average molecular weight is 507 g/mol. The zero-order chi connectivity index (χ0) is 25.5. The normalized spacial score (nSPS) is 28.4. The lowest BCUT2D eigenvalue weighted by Crippen LogP contribution is -2.54. The van der Waals surface area contributed by atoms with Gasteiger partial charge in [0.25, 0.3) is 0 Å². The van der Waals surface area contributed by atoms with E-state index in [2.05, 4.69) is 52.6 Å². The van der Waals surface area contributed by atoms with E-state index in [4.69, 9.17) is 13.9 Å². The first-order chi connectivity index (χ1) is 16.6. The molecule has 0 aromatic heterocycles. The lowest BCUT2D eigenvalue weighted by Gasteiger charge is -2.48. The van der Waals surface area contributed by atoms with Crippen LogP contribution in [0.25, 0.3) is 0 Å². The van der Waals surface area contributed by atoms with E-state index in [1.807, 2.05) is 0 Å². The van der Waals surface area contributed by atoms with Crippen LogP contribution in [-0.2, 0) is 13.9 Å². The molecule has 2 aliphatic carbocycles. The Morgan fingerprint density at radius 1 is 0.971 bits per heavy atom. The van der Waals surface area contributed by atoms with Crippen molar-refractivity contribution in [2.24, 2.45) is 17.8 Å². The van der Waals surface area contributed by atoms with Crippen molar-refractivity contribution >= 4 is 8.32 Å². The van der Waals surface area contributed by atoms with Crippen LogP contribution in [0, 0.1) is 29.6 Å². The molecule has 35 heavy (non-hydrogen) atoms. The quantitative estimate of drug-likeness (QED) is 0.160. The molecule has 5 heteroatoms. The van der Waals surface area contributed by atoms with Gasteiger partial charge in [0, 0.05) is 18.3 Å². The summed E-state index contributed by atoms with van der Waals surface area (Å²) in [6, 6.07) is 0. The van der Waals surface area contributed by atoms with E-state index in [9.17, 15) is 5.11 Å². The van der Waals surface area contributed by atoms with Gasteiger partial charge in [-0.15, -0.1) is 0 Å². The molecule has 1 spiro atoms. The van der Waals surface area contributed by atoms with E-state index < -0.39 is 14.1 Å². The van der Waals surface area contributed by atoms with Gasteiger partial charge >= 0.3 is 0 Å². The maximum Gasteiger partial charge on any atom is 0.193 e. The molecule has 1 saturated heterocycles. The molecule has 0 amide bonds. The molecule has 1 N–H and O–H groups in total. The minimum Gasteiger partial charge on any atom is -0.403 e. The Bertz CT molecular complexity index is 697. The Hall–Kier alpha value is -0.383. The molecule has 5 atom stereocenters. The molecule has 3 aliphatic rings. The highest BCUT2D eigenvalue weighted by atomic mass is 28.4. The van der Waals surface area contributed by atoms with Crippen LogP contribution < -0.4 is 0 Å². The number of ether oxygens (including phenoxy) is 2. The monoisotopic (exact) mass is 506 g/mol. The largest absolute Gasteiger partial charge is 0.403 e. The molecule has 0 aromatic carbocycles. The predicted octanol–water partition coefficient (Wildman–Crippen LogP) is 7.45. The van der Waals surface area contributed by atoms with Crippen molar-refractivity contribution in [1.29, 1.82) is 0 Å². The van der Waals surface area contributed by atoms with Gasteiger partial charge in [0.15, 0.2) is 14.1 Å². The van der Waals surface area contributed by atoms with Gasteiger partial charge in [-0.3, -0.25) is 0 Å². The number of aliphatic hydroxyl groups excluding tert-OH is 1. The SMILES string of the molecule is CCCCCCCCCCCCC(C#CC1CC2C(CC23OCCO3)C1O)O[Si](C)(C)C(C)(C)C. The highest BCUT2D eigenvalue weighted by Crippen LogP contribution is 2.59. The summed E-state index contributed by atoms with van der Waals surface area (Å²) in [4.78, 5) is 0. The van der Waals surface area contributed by atoms with Gasteiger partial charge in [0.1, 0.15) is 6.10 Å². The summed E-state index contributed by atoms with van der Waals surface area (Å²) >= 11 is 0. The molecule has 202 valence electrons. The lowest BCUT2D eigenvalue weighted by molar-refractivity contribution is -0.275. The van der Waals surface area contributed by atoms with Crippen LogP contribution in [0.4, 0.5) is 0 Å². The maximum atomic E-state index is 10.9. The minimum atomic E-state index is -1.91. The molecule has 0 radical (unpaired) electrons. The molecule has 1 aliphatic heterocycles. The summed E-state index contributed by atoms with van der Waals surface area (Å²) in [5.74, 6) is 7.16. The summed E-state index contributed by atoms with van der Waals surface area (Å²) in [7, 11) is -1.91. The third-order valence-electron chi connectivity index (χ3n) is 9.23. The van der Waals surface area contributed by atoms with E-state index in [-0.39, 0.29) is 29.1 Å². The van der Waals surface area contributed by atoms with Crippen molar-refractivity contribution in [2.75, 3.05) is 13.2 Å². The number of hydrogen-bond acceptors (Lipinski definition) is 4. The van der Waals surface area contributed by atoms with Crippen LogP contribution in [0.15, 0.2) is 0 Å². The molecule has 2 saturated carbocycles. The summed E-state index contributed by atoms with van der Waals surface area (Å²) < 4.78 is 18.6. The molecule has 4 nitrogen and oxygen atoms in total. The number of fused-ring (bicyclic) bond motifs is 2.